The Morgan fingerprint density at radius 2 is 2.04 bits per heavy atom. The maximum atomic E-state index is 6.05. The summed E-state index contributed by atoms with van der Waals surface area (Å²) < 4.78 is 6.96. The van der Waals surface area contributed by atoms with E-state index in [9.17, 15) is 0 Å². The lowest BCUT2D eigenvalue weighted by atomic mass is 9.88. The number of piperidine rings is 1. The van der Waals surface area contributed by atoms with E-state index in [1.54, 1.807) is 0 Å². The minimum absolute atomic E-state index is 0.456. The molecule has 128 valence electrons. The van der Waals surface area contributed by atoms with E-state index in [0.717, 1.165) is 46.9 Å². The van der Waals surface area contributed by atoms with Gasteiger partial charge in [0.2, 0.25) is 0 Å². The Hall–Kier alpha value is -1.63. The third-order valence-corrected chi connectivity index (χ3v) is 5.71. The first kappa shape index (κ1) is 15.6. The molecule has 2 atom stereocenters. The van der Waals surface area contributed by atoms with Gasteiger partial charge in [-0.3, -0.25) is 9.88 Å². The van der Waals surface area contributed by atoms with Crippen molar-refractivity contribution in [2.24, 2.45) is 0 Å². The summed E-state index contributed by atoms with van der Waals surface area (Å²) in [5, 5.41) is 0.685. The Bertz CT molecular complexity index is 916. The van der Waals surface area contributed by atoms with E-state index in [1.165, 1.54) is 6.42 Å². The van der Waals surface area contributed by atoms with E-state index < -0.39 is 0 Å². The van der Waals surface area contributed by atoms with Crippen LogP contribution < -0.4 is 4.90 Å². The Morgan fingerprint density at radius 1 is 1.20 bits per heavy atom. The van der Waals surface area contributed by atoms with Crippen LogP contribution in [0.25, 0.3) is 11.1 Å². The smallest absolute Gasteiger partial charge is 0.298 e. The monoisotopic (exact) mass is 418 g/mol. The Labute approximate surface area is 158 Å². The van der Waals surface area contributed by atoms with Crippen LogP contribution in [0.15, 0.2) is 45.4 Å². The highest BCUT2D eigenvalue weighted by atomic mass is 79.9. The van der Waals surface area contributed by atoms with Gasteiger partial charge in [-0.15, -0.1) is 0 Å². The first-order chi connectivity index (χ1) is 12.2. The highest BCUT2D eigenvalue weighted by Crippen LogP contribution is 2.38. The number of rotatable bonds is 3. The standard InChI is InChI=1S/C18H16BrClN4O/c19-11-1-3-13(21-7-11)8-23-9-14-6-15(10-23)24(14)18-22-16-5-12(20)2-4-17(16)25-18/h1-5,7,14-15H,6,8-10H2. The molecule has 5 heterocycles. The molecule has 3 aromatic rings. The van der Waals surface area contributed by atoms with Gasteiger partial charge in [-0.1, -0.05) is 11.6 Å². The molecular weight excluding hydrogens is 404 g/mol. The van der Waals surface area contributed by atoms with Crippen LogP contribution in [0.5, 0.6) is 0 Å². The fraction of sp³-hybridized carbons (Fsp3) is 0.333. The third kappa shape index (κ3) is 2.82. The van der Waals surface area contributed by atoms with E-state index in [-0.39, 0.29) is 0 Å². The average molecular weight is 420 g/mol. The number of anilines is 1. The number of pyridine rings is 1. The molecule has 5 nitrogen and oxygen atoms in total. The second-order valence-electron chi connectivity index (χ2n) is 6.72. The van der Waals surface area contributed by atoms with Crippen molar-refractivity contribution in [3.8, 4) is 0 Å². The molecule has 0 N–H and O–H groups in total. The van der Waals surface area contributed by atoms with Crippen molar-refractivity contribution in [1.82, 2.24) is 14.9 Å². The molecule has 0 saturated carbocycles. The van der Waals surface area contributed by atoms with Crippen molar-refractivity contribution in [3.05, 3.63) is 51.7 Å². The lowest BCUT2D eigenvalue weighted by Gasteiger charge is -2.55. The summed E-state index contributed by atoms with van der Waals surface area (Å²) in [5.41, 5.74) is 2.72. The van der Waals surface area contributed by atoms with Crippen LogP contribution in [0.4, 0.5) is 6.01 Å². The van der Waals surface area contributed by atoms with E-state index in [4.69, 9.17) is 16.0 Å². The first-order valence-electron chi connectivity index (χ1n) is 8.33. The number of fused-ring (bicyclic) bond motifs is 3. The number of aromatic nitrogens is 2. The minimum atomic E-state index is 0.456. The van der Waals surface area contributed by atoms with Gasteiger partial charge in [-0.25, -0.2) is 0 Å². The zero-order valence-corrected chi connectivity index (χ0v) is 15.7. The van der Waals surface area contributed by atoms with Gasteiger partial charge in [0, 0.05) is 47.4 Å². The first-order valence-corrected chi connectivity index (χ1v) is 9.50. The largest absolute Gasteiger partial charge is 0.423 e. The van der Waals surface area contributed by atoms with Gasteiger partial charge in [0.15, 0.2) is 5.58 Å². The molecule has 0 amide bonds. The van der Waals surface area contributed by atoms with Gasteiger partial charge in [0.25, 0.3) is 6.01 Å². The number of piperazine rings is 1. The van der Waals surface area contributed by atoms with Gasteiger partial charge in [-0.2, -0.15) is 4.98 Å². The summed E-state index contributed by atoms with van der Waals surface area (Å²) >= 11 is 9.48. The molecule has 7 heteroatoms. The van der Waals surface area contributed by atoms with Gasteiger partial charge in [0.05, 0.1) is 5.69 Å². The van der Waals surface area contributed by atoms with Crippen molar-refractivity contribution in [1.29, 1.82) is 0 Å². The molecule has 3 saturated heterocycles. The third-order valence-electron chi connectivity index (χ3n) is 5.00. The van der Waals surface area contributed by atoms with Crippen molar-refractivity contribution in [2.45, 2.75) is 25.0 Å². The lowest BCUT2D eigenvalue weighted by Crippen LogP contribution is -2.68. The molecule has 2 bridgehead atoms. The Balaban J connectivity index is 1.31. The molecule has 3 aliphatic heterocycles. The number of oxazole rings is 1. The molecule has 0 spiro atoms. The summed E-state index contributed by atoms with van der Waals surface area (Å²) in [5.74, 6) is 0. The summed E-state index contributed by atoms with van der Waals surface area (Å²) in [7, 11) is 0. The molecule has 1 aromatic carbocycles. The molecule has 2 aromatic heterocycles. The number of hydrogen-bond donors (Lipinski definition) is 0. The van der Waals surface area contributed by atoms with Gasteiger partial charge < -0.3 is 9.32 Å². The average Bonchev–Trinajstić information content (AvgIpc) is 2.99. The number of nitrogens with zero attached hydrogens (tertiary/aromatic N) is 4. The highest BCUT2D eigenvalue weighted by Gasteiger charge is 2.46. The van der Waals surface area contributed by atoms with E-state index in [2.05, 4.69) is 41.8 Å². The molecule has 0 aliphatic carbocycles. The van der Waals surface area contributed by atoms with Crippen molar-refractivity contribution >= 4 is 44.6 Å². The summed E-state index contributed by atoms with van der Waals surface area (Å²) in [6.07, 6.45) is 3.06. The number of halogens is 2. The van der Waals surface area contributed by atoms with Gasteiger partial charge >= 0.3 is 0 Å². The molecular formula is C18H16BrClN4O. The minimum Gasteiger partial charge on any atom is -0.423 e. The number of hydrogen-bond acceptors (Lipinski definition) is 5. The van der Waals surface area contributed by atoms with Crippen molar-refractivity contribution < 1.29 is 4.42 Å². The molecule has 0 radical (unpaired) electrons. The van der Waals surface area contributed by atoms with Crippen molar-refractivity contribution in [2.75, 3.05) is 18.0 Å². The predicted molar refractivity (Wildman–Crippen MR) is 101 cm³/mol. The van der Waals surface area contributed by atoms with E-state index in [1.807, 2.05) is 30.5 Å². The fourth-order valence-electron chi connectivity index (χ4n) is 3.87. The lowest BCUT2D eigenvalue weighted by molar-refractivity contribution is 0.102. The van der Waals surface area contributed by atoms with Crippen LogP contribution >= 0.6 is 27.5 Å². The van der Waals surface area contributed by atoms with Crippen LogP contribution in [-0.4, -0.2) is 40.0 Å². The second kappa shape index (κ2) is 5.97. The van der Waals surface area contributed by atoms with Crippen LogP contribution in [-0.2, 0) is 6.54 Å². The molecule has 3 aliphatic rings. The van der Waals surface area contributed by atoms with Crippen LogP contribution in [0.1, 0.15) is 12.1 Å². The van der Waals surface area contributed by atoms with E-state index in [0.29, 0.717) is 17.1 Å². The van der Waals surface area contributed by atoms with Crippen LogP contribution in [0, 0.1) is 0 Å². The zero-order chi connectivity index (χ0) is 17.0. The number of benzene rings is 1. The van der Waals surface area contributed by atoms with Crippen LogP contribution in [0.2, 0.25) is 5.02 Å². The summed E-state index contributed by atoms with van der Waals surface area (Å²) in [6.45, 7) is 2.90. The molecule has 25 heavy (non-hydrogen) atoms. The molecule has 3 fully saturated rings. The fourth-order valence-corrected chi connectivity index (χ4v) is 4.27. The SMILES string of the molecule is Clc1ccc2oc(N3C4CC3CN(Cc3ccc(Br)cn3)C4)nc2c1. The van der Waals surface area contributed by atoms with E-state index >= 15 is 0 Å². The van der Waals surface area contributed by atoms with Gasteiger partial charge in [-0.05, 0) is 52.7 Å². The second-order valence-corrected chi connectivity index (χ2v) is 8.07. The zero-order valence-electron chi connectivity index (χ0n) is 13.4. The maximum Gasteiger partial charge on any atom is 0.298 e. The highest BCUT2D eigenvalue weighted by molar-refractivity contribution is 9.10. The molecule has 6 rings (SSSR count). The predicted octanol–water partition coefficient (Wildman–Crippen LogP) is 4.10. The maximum absolute atomic E-state index is 6.05. The van der Waals surface area contributed by atoms with Crippen LogP contribution in [0.3, 0.4) is 0 Å². The molecule has 2 unspecified atom stereocenters. The summed E-state index contributed by atoms with van der Waals surface area (Å²) in [4.78, 5) is 13.9. The van der Waals surface area contributed by atoms with Gasteiger partial charge in [0.1, 0.15) is 5.52 Å². The normalized spacial score (nSPS) is 23.0. The quantitative estimate of drug-likeness (QED) is 0.639. The Kier molecular flexibility index (Phi) is 3.73. The van der Waals surface area contributed by atoms with Crippen molar-refractivity contribution in [3.63, 3.8) is 0 Å². The Morgan fingerprint density at radius 3 is 2.80 bits per heavy atom. The topological polar surface area (TPSA) is 45.4 Å². The summed E-state index contributed by atoms with van der Waals surface area (Å²) in [6, 6.07) is 11.3.